The number of benzene rings is 1. The lowest BCUT2D eigenvalue weighted by molar-refractivity contribution is -0.117. The van der Waals surface area contributed by atoms with Crippen LogP contribution >= 0.6 is 0 Å². The van der Waals surface area contributed by atoms with E-state index in [1.807, 2.05) is 0 Å². The summed E-state index contributed by atoms with van der Waals surface area (Å²) in [6, 6.07) is 4.99. The highest BCUT2D eigenvalue weighted by molar-refractivity contribution is 5.94. The molecule has 0 aliphatic carbocycles. The number of carbonyl (C=O) groups excluding carboxylic acids is 1. The van der Waals surface area contributed by atoms with E-state index < -0.39 is 0 Å². The van der Waals surface area contributed by atoms with Gasteiger partial charge < -0.3 is 20.1 Å². The molecule has 5 heteroatoms. The highest BCUT2D eigenvalue weighted by Gasteiger charge is 2.11. The summed E-state index contributed by atoms with van der Waals surface area (Å²) >= 11 is 0. The Hall–Kier alpha value is -1.75. The van der Waals surface area contributed by atoms with Crippen molar-refractivity contribution in [3.05, 3.63) is 18.2 Å². The van der Waals surface area contributed by atoms with E-state index in [4.69, 9.17) is 9.47 Å². The van der Waals surface area contributed by atoms with Crippen LogP contribution in [0.3, 0.4) is 0 Å². The van der Waals surface area contributed by atoms with Gasteiger partial charge in [0.2, 0.25) is 5.91 Å². The zero-order chi connectivity index (χ0) is 12.8. The van der Waals surface area contributed by atoms with Crippen molar-refractivity contribution in [3.63, 3.8) is 0 Å². The van der Waals surface area contributed by atoms with Crippen LogP contribution in [0.2, 0.25) is 0 Å². The quantitative estimate of drug-likeness (QED) is 0.810. The van der Waals surface area contributed by atoms with Gasteiger partial charge in [0.1, 0.15) is 0 Å². The fourth-order valence-electron chi connectivity index (χ4n) is 1.30. The van der Waals surface area contributed by atoms with Gasteiger partial charge in [0.15, 0.2) is 11.5 Å². The first kappa shape index (κ1) is 13.3. The van der Waals surface area contributed by atoms with Crippen LogP contribution in [0.15, 0.2) is 18.2 Å². The molecule has 1 amide bonds. The van der Waals surface area contributed by atoms with Gasteiger partial charge in [-0.2, -0.15) is 0 Å². The summed E-state index contributed by atoms with van der Waals surface area (Å²) in [6.07, 6.45) is 0. The van der Waals surface area contributed by atoms with Crippen molar-refractivity contribution in [3.8, 4) is 11.5 Å². The van der Waals surface area contributed by atoms with Gasteiger partial charge in [0.25, 0.3) is 0 Å². The van der Waals surface area contributed by atoms with Crippen molar-refractivity contribution in [2.75, 3.05) is 26.6 Å². The Bertz CT molecular complexity index is 393. The summed E-state index contributed by atoms with van der Waals surface area (Å²) in [6.45, 7) is 1.79. The normalized spacial score (nSPS) is 11.8. The number of rotatable bonds is 5. The zero-order valence-corrected chi connectivity index (χ0v) is 10.5. The van der Waals surface area contributed by atoms with Gasteiger partial charge in [-0.3, -0.25) is 4.79 Å². The van der Waals surface area contributed by atoms with Crippen molar-refractivity contribution in [1.82, 2.24) is 5.32 Å². The molecular weight excluding hydrogens is 220 g/mol. The maximum atomic E-state index is 11.7. The van der Waals surface area contributed by atoms with E-state index >= 15 is 0 Å². The van der Waals surface area contributed by atoms with E-state index in [2.05, 4.69) is 10.6 Å². The zero-order valence-electron chi connectivity index (χ0n) is 10.5. The third-order valence-corrected chi connectivity index (χ3v) is 2.48. The molecule has 0 aliphatic heterocycles. The topological polar surface area (TPSA) is 59.6 Å². The monoisotopic (exact) mass is 238 g/mol. The van der Waals surface area contributed by atoms with E-state index in [0.29, 0.717) is 17.2 Å². The molecule has 0 spiro atoms. The van der Waals surface area contributed by atoms with Gasteiger partial charge in [0.05, 0.1) is 20.3 Å². The molecule has 94 valence electrons. The molecule has 0 saturated heterocycles. The van der Waals surface area contributed by atoms with Crippen LogP contribution in [0.5, 0.6) is 11.5 Å². The minimum atomic E-state index is -0.247. The maximum absolute atomic E-state index is 11.7. The predicted molar refractivity (Wildman–Crippen MR) is 66.7 cm³/mol. The Morgan fingerprint density at radius 3 is 2.41 bits per heavy atom. The average molecular weight is 238 g/mol. The van der Waals surface area contributed by atoms with Crippen LogP contribution in [0.25, 0.3) is 0 Å². The second-order valence-corrected chi connectivity index (χ2v) is 3.57. The van der Waals surface area contributed by atoms with Crippen LogP contribution in [-0.2, 0) is 4.79 Å². The Morgan fingerprint density at radius 2 is 1.88 bits per heavy atom. The summed E-state index contributed by atoms with van der Waals surface area (Å²) in [5, 5.41) is 5.65. The summed E-state index contributed by atoms with van der Waals surface area (Å²) in [5.74, 6) is 1.12. The number of hydrogen-bond acceptors (Lipinski definition) is 4. The van der Waals surface area contributed by atoms with Crippen molar-refractivity contribution in [1.29, 1.82) is 0 Å². The second-order valence-electron chi connectivity index (χ2n) is 3.57. The van der Waals surface area contributed by atoms with E-state index in [-0.39, 0.29) is 11.9 Å². The molecule has 0 heterocycles. The molecule has 0 radical (unpaired) electrons. The van der Waals surface area contributed by atoms with E-state index in [1.54, 1.807) is 46.4 Å². The molecule has 0 aromatic heterocycles. The molecule has 1 atom stereocenters. The first-order valence-electron chi connectivity index (χ1n) is 5.32. The lowest BCUT2D eigenvalue weighted by Crippen LogP contribution is -2.35. The number of carbonyl (C=O) groups is 1. The van der Waals surface area contributed by atoms with Gasteiger partial charge in [-0.05, 0) is 26.1 Å². The Morgan fingerprint density at radius 1 is 1.24 bits per heavy atom. The van der Waals surface area contributed by atoms with Crippen LogP contribution in [-0.4, -0.2) is 33.2 Å². The van der Waals surface area contributed by atoms with Gasteiger partial charge >= 0.3 is 0 Å². The van der Waals surface area contributed by atoms with Crippen molar-refractivity contribution in [2.45, 2.75) is 13.0 Å². The summed E-state index contributed by atoms with van der Waals surface area (Å²) in [4.78, 5) is 11.7. The fraction of sp³-hybridized carbons (Fsp3) is 0.417. The number of hydrogen-bond donors (Lipinski definition) is 2. The van der Waals surface area contributed by atoms with Crippen LogP contribution in [0, 0.1) is 0 Å². The molecule has 1 unspecified atom stereocenters. The first-order chi connectivity index (χ1) is 8.12. The SMILES string of the molecule is CNC(C)C(=O)Nc1ccc(OC)c(OC)c1. The summed E-state index contributed by atoms with van der Waals surface area (Å²) in [5.41, 5.74) is 0.676. The van der Waals surface area contributed by atoms with Crippen LogP contribution in [0.1, 0.15) is 6.92 Å². The molecule has 2 N–H and O–H groups in total. The number of ether oxygens (including phenoxy) is 2. The molecule has 0 bridgehead atoms. The molecule has 1 rings (SSSR count). The van der Waals surface area contributed by atoms with Crippen LogP contribution < -0.4 is 20.1 Å². The fourth-order valence-corrected chi connectivity index (χ4v) is 1.30. The maximum Gasteiger partial charge on any atom is 0.241 e. The number of anilines is 1. The standard InChI is InChI=1S/C12H18N2O3/c1-8(13-2)12(15)14-9-5-6-10(16-3)11(7-9)17-4/h5-8,13H,1-4H3,(H,14,15). The largest absolute Gasteiger partial charge is 0.493 e. The van der Waals surface area contributed by atoms with Crippen molar-refractivity contribution < 1.29 is 14.3 Å². The highest BCUT2D eigenvalue weighted by Crippen LogP contribution is 2.29. The molecule has 17 heavy (non-hydrogen) atoms. The smallest absolute Gasteiger partial charge is 0.241 e. The lowest BCUT2D eigenvalue weighted by Gasteiger charge is -2.13. The molecule has 0 aliphatic rings. The first-order valence-corrected chi connectivity index (χ1v) is 5.32. The molecule has 1 aromatic rings. The number of likely N-dealkylation sites (N-methyl/N-ethyl adjacent to an activating group) is 1. The number of amides is 1. The predicted octanol–water partition coefficient (Wildman–Crippen LogP) is 1.25. The minimum Gasteiger partial charge on any atom is -0.493 e. The van der Waals surface area contributed by atoms with Gasteiger partial charge in [-0.25, -0.2) is 0 Å². The van der Waals surface area contributed by atoms with Gasteiger partial charge in [-0.1, -0.05) is 0 Å². The van der Waals surface area contributed by atoms with Crippen molar-refractivity contribution >= 4 is 11.6 Å². The van der Waals surface area contributed by atoms with Gasteiger partial charge in [0, 0.05) is 11.8 Å². The van der Waals surface area contributed by atoms with E-state index in [1.165, 1.54) is 0 Å². The van der Waals surface area contributed by atoms with Crippen LogP contribution in [0.4, 0.5) is 5.69 Å². The average Bonchev–Trinajstić information content (AvgIpc) is 2.37. The third kappa shape index (κ3) is 3.35. The third-order valence-electron chi connectivity index (χ3n) is 2.48. The second kappa shape index (κ2) is 6.10. The molecular formula is C12H18N2O3. The molecule has 0 saturated carbocycles. The summed E-state index contributed by atoms with van der Waals surface area (Å²) < 4.78 is 10.3. The lowest BCUT2D eigenvalue weighted by atomic mass is 10.2. The Kier molecular flexibility index (Phi) is 4.78. The summed E-state index contributed by atoms with van der Waals surface area (Å²) in [7, 11) is 4.86. The number of methoxy groups -OCH3 is 2. The van der Waals surface area contributed by atoms with E-state index in [9.17, 15) is 4.79 Å². The Labute approximate surface area is 101 Å². The minimum absolute atomic E-state index is 0.0975. The van der Waals surface area contributed by atoms with E-state index in [0.717, 1.165) is 0 Å². The number of nitrogens with one attached hydrogen (secondary N) is 2. The Balaban J connectivity index is 2.82. The van der Waals surface area contributed by atoms with Gasteiger partial charge in [-0.15, -0.1) is 0 Å². The molecule has 1 aromatic carbocycles. The van der Waals surface area contributed by atoms with Crippen molar-refractivity contribution in [2.24, 2.45) is 0 Å². The highest BCUT2D eigenvalue weighted by atomic mass is 16.5. The molecule has 0 fully saturated rings. The molecule has 5 nitrogen and oxygen atoms in total.